The lowest BCUT2D eigenvalue weighted by atomic mass is 10.0. The molecule has 20 heavy (non-hydrogen) atoms. The van der Waals surface area contributed by atoms with Crippen molar-refractivity contribution in [1.29, 1.82) is 0 Å². The summed E-state index contributed by atoms with van der Waals surface area (Å²) in [4.78, 5) is 14.9. The number of hydrogen-bond acceptors (Lipinski definition) is 2. The number of halogens is 2. The minimum atomic E-state index is -0.348. The highest BCUT2D eigenvalue weighted by Gasteiger charge is 2.13. The molecular formula is C15H9BrClNO2. The maximum atomic E-state index is 12.2. The lowest BCUT2D eigenvalue weighted by molar-refractivity contribution is 0.482. The van der Waals surface area contributed by atoms with E-state index in [1.807, 2.05) is 12.1 Å². The van der Waals surface area contributed by atoms with E-state index in [-0.39, 0.29) is 16.9 Å². The second kappa shape index (κ2) is 4.96. The van der Waals surface area contributed by atoms with Crippen LogP contribution in [0.2, 0.25) is 5.02 Å². The Morgan fingerprint density at radius 3 is 2.50 bits per heavy atom. The summed E-state index contributed by atoms with van der Waals surface area (Å²) in [6.07, 6.45) is 0. The monoisotopic (exact) mass is 349 g/mol. The molecule has 0 saturated carbocycles. The molecule has 0 fully saturated rings. The summed E-state index contributed by atoms with van der Waals surface area (Å²) in [6, 6.07) is 12.2. The molecule has 0 aliphatic carbocycles. The molecule has 0 bridgehead atoms. The van der Waals surface area contributed by atoms with Gasteiger partial charge in [0.15, 0.2) is 0 Å². The van der Waals surface area contributed by atoms with Gasteiger partial charge in [0.1, 0.15) is 5.75 Å². The fourth-order valence-corrected chi connectivity index (χ4v) is 2.57. The van der Waals surface area contributed by atoms with Crippen molar-refractivity contribution in [3.63, 3.8) is 0 Å². The molecule has 1 aromatic heterocycles. The Kier molecular flexibility index (Phi) is 3.28. The van der Waals surface area contributed by atoms with Crippen LogP contribution in [0.25, 0.3) is 22.0 Å². The molecule has 3 aromatic rings. The number of hydrogen-bond donors (Lipinski definition) is 2. The second-order valence-electron chi connectivity index (χ2n) is 4.37. The third kappa shape index (κ3) is 2.21. The van der Waals surface area contributed by atoms with Gasteiger partial charge in [-0.2, -0.15) is 0 Å². The second-order valence-corrected chi connectivity index (χ2v) is 5.73. The van der Waals surface area contributed by atoms with E-state index < -0.39 is 0 Å². The van der Waals surface area contributed by atoms with Gasteiger partial charge in [-0.05, 0) is 35.9 Å². The summed E-state index contributed by atoms with van der Waals surface area (Å²) in [5, 5.41) is 11.4. The standard InChI is InChI=1S/C15H9BrClNO2/c16-9-3-1-8(2-4-9)13-14(19)11-6-5-10(17)7-12(11)18-15(13)20/h1-7H,(H2,18,19,20). The smallest absolute Gasteiger partial charge is 0.260 e. The van der Waals surface area contributed by atoms with Crippen molar-refractivity contribution in [3.05, 3.63) is 62.3 Å². The van der Waals surface area contributed by atoms with Crippen molar-refractivity contribution < 1.29 is 5.11 Å². The molecule has 2 aromatic carbocycles. The molecule has 0 radical (unpaired) electrons. The normalized spacial score (nSPS) is 10.9. The number of aromatic amines is 1. The summed E-state index contributed by atoms with van der Waals surface area (Å²) in [5.41, 5.74) is 1.08. The molecule has 2 N–H and O–H groups in total. The largest absolute Gasteiger partial charge is 0.506 e. The van der Waals surface area contributed by atoms with Crippen molar-refractivity contribution in [1.82, 2.24) is 4.98 Å². The van der Waals surface area contributed by atoms with E-state index in [0.717, 1.165) is 4.47 Å². The van der Waals surface area contributed by atoms with Gasteiger partial charge in [0.05, 0.1) is 11.1 Å². The van der Waals surface area contributed by atoms with Gasteiger partial charge in [-0.1, -0.05) is 39.7 Å². The van der Waals surface area contributed by atoms with Crippen LogP contribution >= 0.6 is 27.5 Å². The summed E-state index contributed by atoms with van der Waals surface area (Å²) in [6.45, 7) is 0. The van der Waals surface area contributed by atoms with Crippen molar-refractivity contribution in [2.75, 3.05) is 0 Å². The van der Waals surface area contributed by atoms with Gasteiger partial charge in [-0.3, -0.25) is 4.79 Å². The Bertz CT molecular complexity index is 856. The molecule has 0 saturated heterocycles. The summed E-state index contributed by atoms with van der Waals surface area (Å²) < 4.78 is 0.907. The first-order valence-electron chi connectivity index (χ1n) is 5.87. The molecule has 0 unspecified atom stereocenters. The number of aromatic hydroxyl groups is 1. The van der Waals surface area contributed by atoms with Crippen molar-refractivity contribution in [2.45, 2.75) is 0 Å². The average Bonchev–Trinajstić information content (AvgIpc) is 2.40. The molecule has 3 nitrogen and oxygen atoms in total. The lowest BCUT2D eigenvalue weighted by Crippen LogP contribution is -2.09. The van der Waals surface area contributed by atoms with Crippen LogP contribution in [0.1, 0.15) is 0 Å². The first kappa shape index (κ1) is 13.2. The first-order chi connectivity index (χ1) is 9.56. The van der Waals surface area contributed by atoms with Gasteiger partial charge >= 0.3 is 0 Å². The minimum Gasteiger partial charge on any atom is -0.506 e. The highest BCUT2D eigenvalue weighted by Crippen LogP contribution is 2.33. The fourth-order valence-electron chi connectivity index (χ4n) is 2.14. The summed E-state index contributed by atoms with van der Waals surface area (Å²) >= 11 is 9.23. The Hall–Kier alpha value is -1.78. The van der Waals surface area contributed by atoms with Gasteiger partial charge in [0.25, 0.3) is 5.56 Å². The third-order valence-electron chi connectivity index (χ3n) is 3.08. The van der Waals surface area contributed by atoms with Crippen molar-refractivity contribution >= 4 is 38.4 Å². The summed E-state index contributed by atoms with van der Waals surface area (Å²) in [5.74, 6) is -0.0391. The quantitative estimate of drug-likeness (QED) is 0.687. The van der Waals surface area contributed by atoms with Crippen LogP contribution < -0.4 is 5.56 Å². The number of H-pyrrole nitrogens is 1. The zero-order valence-electron chi connectivity index (χ0n) is 10.2. The van der Waals surface area contributed by atoms with E-state index in [1.54, 1.807) is 30.3 Å². The Labute approximate surface area is 128 Å². The topological polar surface area (TPSA) is 53.1 Å². The molecule has 0 amide bonds. The van der Waals surface area contributed by atoms with Crippen LogP contribution in [0.4, 0.5) is 0 Å². The maximum absolute atomic E-state index is 12.2. The van der Waals surface area contributed by atoms with Gasteiger partial charge in [0, 0.05) is 14.9 Å². The van der Waals surface area contributed by atoms with E-state index >= 15 is 0 Å². The Balaban J connectivity index is 2.34. The number of benzene rings is 2. The van der Waals surface area contributed by atoms with Gasteiger partial charge in [0.2, 0.25) is 0 Å². The van der Waals surface area contributed by atoms with Crippen LogP contribution in [0, 0.1) is 0 Å². The van der Waals surface area contributed by atoms with Crippen molar-refractivity contribution in [3.8, 4) is 16.9 Å². The Morgan fingerprint density at radius 1 is 1.10 bits per heavy atom. The van der Waals surface area contributed by atoms with Crippen molar-refractivity contribution in [2.24, 2.45) is 0 Å². The molecule has 0 atom stereocenters. The average molecular weight is 351 g/mol. The number of nitrogens with one attached hydrogen (secondary N) is 1. The van der Waals surface area contributed by atoms with Gasteiger partial charge < -0.3 is 10.1 Å². The number of rotatable bonds is 1. The molecular weight excluding hydrogens is 342 g/mol. The van der Waals surface area contributed by atoms with E-state index in [2.05, 4.69) is 20.9 Å². The Morgan fingerprint density at radius 2 is 1.80 bits per heavy atom. The first-order valence-corrected chi connectivity index (χ1v) is 7.04. The van der Waals surface area contributed by atoms with E-state index in [1.165, 1.54) is 0 Å². The number of fused-ring (bicyclic) bond motifs is 1. The van der Waals surface area contributed by atoms with Crippen LogP contribution in [0.5, 0.6) is 5.75 Å². The van der Waals surface area contributed by atoms with Crippen LogP contribution in [0.3, 0.4) is 0 Å². The molecule has 0 aliphatic rings. The lowest BCUT2D eigenvalue weighted by Gasteiger charge is -2.08. The fraction of sp³-hybridized carbons (Fsp3) is 0. The number of pyridine rings is 1. The minimum absolute atomic E-state index is 0.0391. The number of aromatic nitrogens is 1. The molecule has 3 rings (SSSR count). The maximum Gasteiger partial charge on any atom is 0.260 e. The zero-order valence-corrected chi connectivity index (χ0v) is 12.5. The van der Waals surface area contributed by atoms with Gasteiger partial charge in [-0.25, -0.2) is 0 Å². The van der Waals surface area contributed by atoms with E-state index in [4.69, 9.17) is 11.6 Å². The van der Waals surface area contributed by atoms with Crippen LogP contribution in [-0.2, 0) is 0 Å². The van der Waals surface area contributed by atoms with Crippen LogP contribution in [0.15, 0.2) is 51.7 Å². The predicted molar refractivity (Wildman–Crippen MR) is 84.4 cm³/mol. The van der Waals surface area contributed by atoms with E-state index in [0.29, 0.717) is 21.5 Å². The highest BCUT2D eigenvalue weighted by atomic mass is 79.9. The predicted octanol–water partition coefficient (Wildman–Crippen LogP) is 4.32. The van der Waals surface area contributed by atoms with Crippen LogP contribution in [-0.4, -0.2) is 10.1 Å². The van der Waals surface area contributed by atoms with E-state index in [9.17, 15) is 9.90 Å². The highest BCUT2D eigenvalue weighted by molar-refractivity contribution is 9.10. The molecule has 0 spiro atoms. The molecule has 5 heteroatoms. The summed E-state index contributed by atoms with van der Waals surface area (Å²) in [7, 11) is 0. The van der Waals surface area contributed by atoms with Gasteiger partial charge in [-0.15, -0.1) is 0 Å². The molecule has 1 heterocycles. The molecule has 0 aliphatic heterocycles. The SMILES string of the molecule is O=c1[nH]c2cc(Cl)ccc2c(O)c1-c1ccc(Br)cc1. The zero-order chi connectivity index (χ0) is 14.3. The third-order valence-corrected chi connectivity index (χ3v) is 3.85. The molecule has 100 valence electrons.